The summed E-state index contributed by atoms with van der Waals surface area (Å²) in [6, 6.07) is 8.38. The number of imide groups is 1. The molecule has 0 spiro atoms. The number of nitrogens with zero attached hydrogens (tertiary/aromatic N) is 1. The van der Waals surface area contributed by atoms with Crippen LogP contribution in [-0.2, 0) is 9.59 Å². The van der Waals surface area contributed by atoms with Crippen LogP contribution in [0.5, 0.6) is 5.75 Å². The molecule has 4 amide bonds. The molecule has 2 N–H and O–H groups in total. The van der Waals surface area contributed by atoms with Crippen molar-refractivity contribution in [1.29, 1.82) is 0 Å². The van der Waals surface area contributed by atoms with Crippen molar-refractivity contribution in [3.63, 3.8) is 0 Å². The zero-order valence-electron chi connectivity index (χ0n) is 12.0. The Morgan fingerprint density at radius 1 is 1.23 bits per heavy atom. The zero-order valence-corrected chi connectivity index (χ0v) is 12.0. The number of hydrogen-bond acceptors (Lipinski definition) is 4. The van der Waals surface area contributed by atoms with Gasteiger partial charge in [-0.1, -0.05) is 18.2 Å². The predicted molar refractivity (Wildman–Crippen MR) is 77.1 cm³/mol. The second-order valence-corrected chi connectivity index (χ2v) is 5.41. The number of likely N-dealkylation sites (tertiary alicyclic amines) is 1. The predicted octanol–water partition coefficient (Wildman–Crippen LogP) is 0.264. The second-order valence-electron chi connectivity index (χ2n) is 5.41. The van der Waals surface area contributed by atoms with Gasteiger partial charge in [0, 0.05) is 6.42 Å². The lowest BCUT2D eigenvalue weighted by Gasteiger charge is -2.39. The minimum atomic E-state index is -0.603. The largest absolute Gasteiger partial charge is 0.487 e. The first kappa shape index (κ1) is 14.4. The van der Waals surface area contributed by atoms with Crippen molar-refractivity contribution in [3.05, 3.63) is 30.3 Å². The first-order chi connectivity index (χ1) is 10.6. The third kappa shape index (κ3) is 3.19. The SMILES string of the molecule is O=C1NC(=O)[C@H](CCC(=O)N2CC(Oc3ccccc3)C2)N1. The molecule has 0 aliphatic carbocycles. The highest BCUT2D eigenvalue weighted by molar-refractivity contribution is 6.04. The number of carbonyl (C=O) groups is 3. The molecule has 0 unspecified atom stereocenters. The van der Waals surface area contributed by atoms with E-state index < -0.39 is 12.1 Å². The van der Waals surface area contributed by atoms with Gasteiger partial charge in [0.2, 0.25) is 5.91 Å². The van der Waals surface area contributed by atoms with Gasteiger partial charge in [-0.2, -0.15) is 0 Å². The molecule has 0 bridgehead atoms. The van der Waals surface area contributed by atoms with E-state index in [-0.39, 0.29) is 24.3 Å². The molecule has 7 heteroatoms. The van der Waals surface area contributed by atoms with Crippen molar-refractivity contribution in [2.45, 2.75) is 25.0 Å². The molecule has 3 rings (SSSR count). The fraction of sp³-hybridized carbons (Fsp3) is 0.400. The summed E-state index contributed by atoms with van der Waals surface area (Å²) in [7, 11) is 0. The highest BCUT2D eigenvalue weighted by Gasteiger charge is 2.34. The van der Waals surface area contributed by atoms with Gasteiger partial charge in [-0.05, 0) is 18.6 Å². The van der Waals surface area contributed by atoms with Crippen molar-refractivity contribution in [2.24, 2.45) is 0 Å². The van der Waals surface area contributed by atoms with Crippen molar-refractivity contribution in [3.8, 4) is 5.75 Å². The van der Waals surface area contributed by atoms with E-state index >= 15 is 0 Å². The van der Waals surface area contributed by atoms with Gasteiger partial charge in [-0.3, -0.25) is 14.9 Å². The molecule has 22 heavy (non-hydrogen) atoms. The van der Waals surface area contributed by atoms with E-state index in [9.17, 15) is 14.4 Å². The van der Waals surface area contributed by atoms with Gasteiger partial charge in [0.25, 0.3) is 5.91 Å². The van der Waals surface area contributed by atoms with Crippen LogP contribution in [0.3, 0.4) is 0 Å². The summed E-state index contributed by atoms with van der Waals surface area (Å²) in [5.74, 6) is 0.401. The number of rotatable bonds is 5. The number of amides is 4. The summed E-state index contributed by atoms with van der Waals surface area (Å²) >= 11 is 0. The standard InChI is InChI=1S/C15H17N3O4/c19-13(7-6-12-14(20)17-15(21)16-12)18-8-11(9-18)22-10-4-2-1-3-5-10/h1-5,11-12H,6-9H2,(H2,16,17,20,21)/t12-/m0/s1. The monoisotopic (exact) mass is 303 g/mol. The Labute approximate surface area is 127 Å². The molecular formula is C15H17N3O4. The van der Waals surface area contributed by atoms with Crippen LogP contribution in [0.1, 0.15) is 12.8 Å². The van der Waals surface area contributed by atoms with Crippen molar-refractivity contribution < 1.29 is 19.1 Å². The second kappa shape index (κ2) is 6.05. The van der Waals surface area contributed by atoms with Gasteiger partial charge in [0.1, 0.15) is 17.9 Å². The van der Waals surface area contributed by atoms with Gasteiger partial charge < -0.3 is 15.0 Å². The summed E-state index contributed by atoms with van der Waals surface area (Å²) in [6.07, 6.45) is 0.564. The van der Waals surface area contributed by atoms with E-state index in [4.69, 9.17) is 4.74 Å². The summed E-state index contributed by atoms with van der Waals surface area (Å²) in [4.78, 5) is 36.0. The van der Waals surface area contributed by atoms with E-state index in [1.54, 1.807) is 4.90 Å². The summed E-state index contributed by atoms with van der Waals surface area (Å²) in [5.41, 5.74) is 0. The number of carbonyl (C=O) groups excluding carboxylic acids is 3. The Hall–Kier alpha value is -2.57. The molecule has 0 aromatic heterocycles. The molecule has 2 aliphatic heterocycles. The van der Waals surface area contributed by atoms with Gasteiger partial charge in [0.05, 0.1) is 13.1 Å². The van der Waals surface area contributed by atoms with E-state index in [2.05, 4.69) is 10.6 Å². The number of hydrogen-bond donors (Lipinski definition) is 2. The highest BCUT2D eigenvalue weighted by Crippen LogP contribution is 2.19. The molecule has 2 heterocycles. The lowest BCUT2D eigenvalue weighted by Crippen LogP contribution is -2.56. The van der Waals surface area contributed by atoms with Crippen LogP contribution in [0, 0.1) is 0 Å². The third-order valence-corrected chi connectivity index (χ3v) is 3.75. The number of benzene rings is 1. The van der Waals surface area contributed by atoms with Crippen LogP contribution in [-0.4, -0.2) is 48.0 Å². The maximum atomic E-state index is 12.0. The van der Waals surface area contributed by atoms with E-state index in [1.165, 1.54) is 0 Å². The first-order valence-corrected chi connectivity index (χ1v) is 7.22. The highest BCUT2D eigenvalue weighted by atomic mass is 16.5. The number of para-hydroxylation sites is 1. The molecule has 0 saturated carbocycles. The van der Waals surface area contributed by atoms with Crippen LogP contribution < -0.4 is 15.4 Å². The fourth-order valence-corrected chi connectivity index (χ4v) is 2.50. The Balaban J connectivity index is 1.38. The topological polar surface area (TPSA) is 87.7 Å². The lowest BCUT2D eigenvalue weighted by molar-refractivity contribution is -0.140. The van der Waals surface area contributed by atoms with Crippen LogP contribution in [0.2, 0.25) is 0 Å². The number of nitrogens with one attached hydrogen (secondary N) is 2. The lowest BCUT2D eigenvalue weighted by atomic mass is 10.1. The van der Waals surface area contributed by atoms with Gasteiger partial charge in [-0.25, -0.2) is 4.79 Å². The summed E-state index contributed by atoms with van der Waals surface area (Å²) in [5, 5.41) is 4.63. The third-order valence-electron chi connectivity index (χ3n) is 3.75. The molecule has 1 atom stereocenters. The summed E-state index contributed by atoms with van der Waals surface area (Å²) in [6.45, 7) is 1.11. The maximum Gasteiger partial charge on any atom is 0.322 e. The molecule has 0 radical (unpaired) electrons. The first-order valence-electron chi connectivity index (χ1n) is 7.22. The van der Waals surface area contributed by atoms with Crippen molar-refractivity contribution in [2.75, 3.05) is 13.1 Å². The van der Waals surface area contributed by atoms with Crippen molar-refractivity contribution in [1.82, 2.24) is 15.5 Å². The molecule has 1 aromatic carbocycles. The van der Waals surface area contributed by atoms with Crippen molar-refractivity contribution >= 4 is 17.8 Å². The fourth-order valence-electron chi connectivity index (χ4n) is 2.50. The molecule has 2 fully saturated rings. The smallest absolute Gasteiger partial charge is 0.322 e. The van der Waals surface area contributed by atoms with E-state index in [1.807, 2.05) is 30.3 Å². The van der Waals surface area contributed by atoms with Crippen LogP contribution in [0.4, 0.5) is 4.79 Å². The van der Waals surface area contributed by atoms with Crippen LogP contribution in [0.25, 0.3) is 0 Å². The Morgan fingerprint density at radius 2 is 1.95 bits per heavy atom. The number of urea groups is 1. The zero-order chi connectivity index (χ0) is 15.5. The van der Waals surface area contributed by atoms with Gasteiger partial charge in [0.15, 0.2) is 0 Å². The van der Waals surface area contributed by atoms with Crippen LogP contribution >= 0.6 is 0 Å². The number of ether oxygens (including phenoxy) is 1. The Kier molecular flexibility index (Phi) is 3.95. The Morgan fingerprint density at radius 3 is 2.59 bits per heavy atom. The van der Waals surface area contributed by atoms with Gasteiger partial charge >= 0.3 is 6.03 Å². The quantitative estimate of drug-likeness (QED) is 0.764. The van der Waals surface area contributed by atoms with Gasteiger partial charge in [-0.15, -0.1) is 0 Å². The summed E-state index contributed by atoms with van der Waals surface area (Å²) < 4.78 is 5.72. The molecule has 2 saturated heterocycles. The average Bonchev–Trinajstić information content (AvgIpc) is 2.79. The Bertz CT molecular complexity index is 584. The minimum absolute atomic E-state index is 0.0147. The average molecular weight is 303 g/mol. The molecule has 2 aliphatic rings. The minimum Gasteiger partial charge on any atom is -0.487 e. The molecular weight excluding hydrogens is 286 g/mol. The van der Waals surface area contributed by atoms with Crippen LogP contribution in [0.15, 0.2) is 30.3 Å². The van der Waals surface area contributed by atoms with E-state index in [0.29, 0.717) is 19.5 Å². The van der Waals surface area contributed by atoms with E-state index in [0.717, 1.165) is 5.75 Å². The molecule has 7 nitrogen and oxygen atoms in total. The molecule has 116 valence electrons. The maximum absolute atomic E-state index is 12.0. The molecule has 1 aromatic rings. The normalized spacial score (nSPS) is 21.1.